The van der Waals surface area contributed by atoms with Crippen molar-refractivity contribution >= 4 is 52.7 Å². The number of aromatic nitrogens is 1. The molecule has 7 heteroatoms. The average Bonchev–Trinajstić information content (AvgIpc) is 3.13. The SMILES string of the molecule is CSc1c(-c2nc(-c3ccccc3C)cs2)csc1C(=N)N.Cl. The van der Waals surface area contributed by atoms with Crippen molar-refractivity contribution in [3.05, 3.63) is 45.5 Å². The van der Waals surface area contributed by atoms with Gasteiger partial charge in [0.05, 0.1) is 10.6 Å². The number of nitrogen functional groups attached to an aromatic ring is 1. The van der Waals surface area contributed by atoms with Crippen LogP contribution in [0.25, 0.3) is 21.8 Å². The highest BCUT2D eigenvalue weighted by Crippen LogP contribution is 2.40. The molecular formula is C16H16ClN3S3. The summed E-state index contributed by atoms with van der Waals surface area (Å²) >= 11 is 4.76. The summed E-state index contributed by atoms with van der Waals surface area (Å²) in [6.45, 7) is 2.10. The molecule has 0 fully saturated rings. The first-order valence-electron chi connectivity index (χ1n) is 6.63. The molecule has 2 aromatic heterocycles. The number of nitrogens with one attached hydrogen (secondary N) is 1. The predicted octanol–water partition coefficient (Wildman–Crippen LogP) is 5.27. The summed E-state index contributed by atoms with van der Waals surface area (Å²) in [7, 11) is 0. The van der Waals surface area contributed by atoms with Gasteiger partial charge in [0.25, 0.3) is 0 Å². The van der Waals surface area contributed by atoms with Gasteiger partial charge in [-0.1, -0.05) is 24.3 Å². The lowest BCUT2D eigenvalue weighted by molar-refractivity contribution is 1.35. The van der Waals surface area contributed by atoms with Crippen molar-refractivity contribution in [1.29, 1.82) is 5.41 Å². The van der Waals surface area contributed by atoms with Gasteiger partial charge in [0.2, 0.25) is 0 Å². The Labute approximate surface area is 153 Å². The molecule has 0 atom stereocenters. The van der Waals surface area contributed by atoms with Gasteiger partial charge in [-0.3, -0.25) is 5.41 Å². The summed E-state index contributed by atoms with van der Waals surface area (Å²) in [5, 5.41) is 12.8. The zero-order chi connectivity index (χ0) is 15.7. The first-order valence-corrected chi connectivity index (χ1v) is 9.62. The summed E-state index contributed by atoms with van der Waals surface area (Å²) in [6.07, 6.45) is 2.01. The molecule has 1 aromatic carbocycles. The topological polar surface area (TPSA) is 62.8 Å². The molecule has 2 heterocycles. The normalized spacial score (nSPS) is 10.3. The maximum atomic E-state index is 7.68. The molecule has 0 unspecified atom stereocenters. The minimum absolute atomic E-state index is 0. The van der Waals surface area contributed by atoms with E-state index < -0.39 is 0 Å². The van der Waals surface area contributed by atoms with Crippen LogP contribution < -0.4 is 5.73 Å². The standard InChI is InChI=1S/C16H15N3S3.ClH/c1-9-5-3-4-6-10(9)12-8-22-16(19-12)11-7-21-14(15(17)18)13(11)20-2;/h3-8H,1-2H3,(H3,17,18);1H. The quantitative estimate of drug-likeness (QED) is 0.367. The third-order valence-corrected chi connectivity index (χ3v) is 6.20. The summed E-state index contributed by atoms with van der Waals surface area (Å²) in [5.41, 5.74) is 10.1. The Kier molecular flexibility index (Phi) is 5.86. The van der Waals surface area contributed by atoms with Crippen molar-refractivity contribution in [2.75, 3.05) is 6.26 Å². The Balaban J connectivity index is 0.00000192. The monoisotopic (exact) mass is 381 g/mol. The van der Waals surface area contributed by atoms with Crippen LogP contribution in [0.15, 0.2) is 39.9 Å². The third kappa shape index (κ3) is 3.45. The second-order valence-corrected chi connectivity index (χ2v) is 7.33. The lowest BCUT2D eigenvalue weighted by atomic mass is 10.1. The number of amidine groups is 1. The van der Waals surface area contributed by atoms with E-state index >= 15 is 0 Å². The lowest BCUT2D eigenvalue weighted by Gasteiger charge is -2.02. The third-order valence-electron chi connectivity index (χ3n) is 3.35. The van der Waals surface area contributed by atoms with E-state index in [2.05, 4.69) is 24.4 Å². The van der Waals surface area contributed by atoms with E-state index in [-0.39, 0.29) is 18.2 Å². The summed E-state index contributed by atoms with van der Waals surface area (Å²) in [5.74, 6) is 0.122. The van der Waals surface area contributed by atoms with E-state index in [1.807, 2.05) is 23.8 Å². The molecular weight excluding hydrogens is 366 g/mol. The van der Waals surface area contributed by atoms with Crippen LogP contribution in [0, 0.1) is 12.3 Å². The number of benzene rings is 1. The zero-order valence-electron chi connectivity index (χ0n) is 12.6. The largest absolute Gasteiger partial charge is 0.383 e. The van der Waals surface area contributed by atoms with Gasteiger partial charge in [0.1, 0.15) is 10.8 Å². The van der Waals surface area contributed by atoms with Gasteiger partial charge in [-0.25, -0.2) is 4.98 Å². The molecule has 3 N–H and O–H groups in total. The van der Waals surface area contributed by atoms with Gasteiger partial charge in [0.15, 0.2) is 0 Å². The summed E-state index contributed by atoms with van der Waals surface area (Å²) in [4.78, 5) is 6.67. The van der Waals surface area contributed by atoms with Crippen LogP contribution >= 0.6 is 46.8 Å². The van der Waals surface area contributed by atoms with E-state index in [4.69, 9.17) is 16.1 Å². The fraction of sp³-hybridized carbons (Fsp3) is 0.125. The number of hydrogen-bond acceptors (Lipinski definition) is 5. The molecule has 0 spiro atoms. The first kappa shape index (κ1) is 18.0. The predicted molar refractivity (Wildman–Crippen MR) is 106 cm³/mol. The zero-order valence-corrected chi connectivity index (χ0v) is 15.9. The summed E-state index contributed by atoms with van der Waals surface area (Å²) in [6, 6.07) is 8.27. The van der Waals surface area contributed by atoms with Crippen LogP contribution in [0.3, 0.4) is 0 Å². The van der Waals surface area contributed by atoms with Crippen LogP contribution in [0.1, 0.15) is 10.4 Å². The van der Waals surface area contributed by atoms with Gasteiger partial charge >= 0.3 is 0 Å². The number of rotatable bonds is 4. The minimum atomic E-state index is 0. The van der Waals surface area contributed by atoms with Gasteiger partial charge < -0.3 is 5.73 Å². The molecule has 0 aliphatic carbocycles. The van der Waals surface area contributed by atoms with Crippen molar-refractivity contribution in [1.82, 2.24) is 4.98 Å². The Bertz CT molecular complexity index is 839. The number of thioether (sulfide) groups is 1. The maximum absolute atomic E-state index is 7.68. The molecule has 120 valence electrons. The average molecular weight is 382 g/mol. The Hall–Kier alpha value is -1.34. The molecule has 23 heavy (non-hydrogen) atoms. The Morgan fingerprint density at radius 1 is 1.17 bits per heavy atom. The van der Waals surface area contributed by atoms with Crippen molar-refractivity contribution < 1.29 is 0 Å². The molecule has 3 nitrogen and oxygen atoms in total. The fourth-order valence-corrected chi connectivity index (χ4v) is 5.19. The van der Waals surface area contributed by atoms with Crippen molar-refractivity contribution in [3.63, 3.8) is 0 Å². The molecule has 0 aliphatic rings. The van der Waals surface area contributed by atoms with E-state index in [1.165, 1.54) is 16.9 Å². The second kappa shape index (κ2) is 7.49. The highest BCUT2D eigenvalue weighted by atomic mass is 35.5. The molecule has 3 rings (SSSR count). The van der Waals surface area contributed by atoms with Crippen molar-refractivity contribution in [2.45, 2.75) is 11.8 Å². The molecule has 3 aromatic rings. The molecule has 0 saturated carbocycles. The number of halogens is 1. The fourth-order valence-electron chi connectivity index (χ4n) is 2.26. The molecule has 0 saturated heterocycles. The number of nitrogens with two attached hydrogens (primary N) is 1. The Morgan fingerprint density at radius 2 is 1.91 bits per heavy atom. The number of nitrogens with zero attached hydrogens (tertiary/aromatic N) is 1. The van der Waals surface area contributed by atoms with Crippen molar-refractivity contribution in [2.24, 2.45) is 5.73 Å². The van der Waals surface area contributed by atoms with E-state index in [9.17, 15) is 0 Å². The maximum Gasteiger partial charge on any atom is 0.134 e. The molecule has 0 amide bonds. The lowest BCUT2D eigenvalue weighted by Crippen LogP contribution is -2.09. The molecule has 0 bridgehead atoms. The van der Waals surface area contributed by atoms with Crippen molar-refractivity contribution in [3.8, 4) is 21.8 Å². The Morgan fingerprint density at radius 3 is 2.57 bits per heavy atom. The second-order valence-electron chi connectivity index (χ2n) is 4.78. The molecule has 0 aliphatic heterocycles. The van der Waals surface area contributed by atoms with E-state index in [1.54, 1.807) is 23.1 Å². The van der Waals surface area contributed by atoms with Gasteiger partial charge in [-0.15, -0.1) is 46.8 Å². The van der Waals surface area contributed by atoms with Gasteiger partial charge in [-0.2, -0.15) is 0 Å². The van der Waals surface area contributed by atoms with Crippen LogP contribution in [-0.4, -0.2) is 17.1 Å². The number of aryl methyl sites for hydroxylation is 1. The van der Waals surface area contributed by atoms with Crippen LogP contribution in [-0.2, 0) is 0 Å². The van der Waals surface area contributed by atoms with E-state index in [0.717, 1.165) is 31.6 Å². The molecule has 0 radical (unpaired) electrons. The highest BCUT2D eigenvalue weighted by Gasteiger charge is 2.17. The van der Waals surface area contributed by atoms with Gasteiger partial charge in [-0.05, 0) is 18.7 Å². The van der Waals surface area contributed by atoms with Crippen LogP contribution in [0.4, 0.5) is 0 Å². The number of thiophene rings is 1. The van der Waals surface area contributed by atoms with Crippen LogP contribution in [0.2, 0.25) is 0 Å². The first-order chi connectivity index (χ1) is 10.6. The summed E-state index contributed by atoms with van der Waals surface area (Å²) < 4.78 is 0. The van der Waals surface area contributed by atoms with Crippen LogP contribution in [0.5, 0.6) is 0 Å². The van der Waals surface area contributed by atoms with Gasteiger partial charge in [0, 0.05) is 26.8 Å². The number of hydrogen-bond donors (Lipinski definition) is 2. The highest BCUT2D eigenvalue weighted by molar-refractivity contribution is 7.99. The minimum Gasteiger partial charge on any atom is -0.383 e. The van der Waals surface area contributed by atoms with E-state index in [0.29, 0.717) is 0 Å². The number of thiazole rings is 1. The smallest absolute Gasteiger partial charge is 0.134 e.